The van der Waals surface area contributed by atoms with Gasteiger partial charge in [-0.05, 0) is 12.1 Å². The smallest absolute Gasteiger partial charge is 0.420 e. The van der Waals surface area contributed by atoms with Crippen LogP contribution in [0.4, 0.5) is 18.9 Å². The number of nitrogen functional groups attached to an aromatic ring is 1. The molecule has 20 heavy (non-hydrogen) atoms. The molecule has 0 amide bonds. The van der Waals surface area contributed by atoms with E-state index in [2.05, 4.69) is 5.10 Å². The second-order valence-electron chi connectivity index (χ2n) is 4.40. The highest BCUT2D eigenvalue weighted by Crippen LogP contribution is 2.38. The second kappa shape index (κ2) is 4.03. The molecule has 0 aliphatic heterocycles. The summed E-state index contributed by atoms with van der Waals surface area (Å²) in [5.74, 6) is 0.259. The van der Waals surface area contributed by atoms with Gasteiger partial charge in [0, 0.05) is 12.4 Å². The van der Waals surface area contributed by atoms with Gasteiger partial charge < -0.3 is 10.2 Å². The van der Waals surface area contributed by atoms with Gasteiger partial charge in [0.1, 0.15) is 11.3 Å². The normalized spacial score (nSPS) is 12.2. The lowest BCUT2D eigenvalue weighted by atomic mass is 10.1. The summed E-state index contributed by atoms with van der Waals surface area (Å²) in [6.45, 7) is 0. The van der Waals surface area contributed by atoms with Crippen LogP contribution >= 0.6 is 0 Å². The number of para-hydroxylation sites is 1. The van der Waals surface area contributed by atoms with E-state index in [1.165, 1.54) is 23.0 Å². The van der Waals surface area contributed by atoms with E-state index in [9.17, 15) is 13.2 Å². The van der Waals surface area contributed by atoms with Crippen molar-refractivity contribution in [2.75, 3.05) is 5.73 Å². The summed E-state index contributed by atoms with van der Waals surface area (Å²) in [5, 5.41) is 4.31. The van der Waals surface area contributed by atoms with E-state index in [1.807, 2.05) is 0 Å². The Balaban J connectivity index is 2.27. The van der Waals surface area contributed by atoms with Gasteiger partial charge in [0.25, 0.3) is 0 Å². The molecule has 0 atom stereocenters. The van der Waals surface area contributed by atoms with Gasteiger partial charge in [0.05, 0.1) is 17.4 Å². The van der Waals surface area contributed by atoms with Crippen LogP contribution < -0.4 is 5.73 Å². The first-order valence-electron chi connectivity index (χ1n) is 5.75. The van der Waals surface area contributed by atoms with Gasteiger partial charge in [-0.2, -0.15) is 18.3 Å². The van der Waals surface area contributed by atoms with Gasteiger partial charge in [-0.15, -0.1) is 0 Å². The average molecular weight is 281 g/mol. The Labute approximate surface area is 111 Å². The summed E-state index contributed by atoms with van der Waals surface area (Å²) in [4.78, 5) is 0. The van der Waals surface area contributed by atoms with E-state index in [0.717, 1.165) is 6.07 Å². The molecule has 3 rings (SSSR count). The molecule has 0 fully saturated rings. The predicted molar refractivity (Wildman–Crippen MR) is 67.8 cm³/mol. The Morgan fingerprint density at radius 1 is 1.30 bits per heavy atom. The number of hydrogen-bond donors (Lipinski definition) is 1. The van der Waals surface area contributed by atoms with E-state index in [0.29, 0.717) is 16.8 Å². The highest BCUT2D eigenvalue weighted by molar-refractivity contribution is 5.86. The number of halogens is 3. The molecular formula is C13H10F3N3O. The average Bonchev–Trinajstić information content (AvgIpc) is 2.90. The fourth-order valence-corrected chi connectivity index (χ4v) is 2.16. The van der Waals surface area contributed by atoms with Crippen LogP contribution in [0.5, 0.6) is 0 Å². The SMILES string of the molecule is Cn1ncc(N)c1-c1cc2cccc(C(F)(F)F)c2o1. The van der Waals surface area contributed by atoms with Gasteiger partial charge in [0.2, 0.25) is 0 Å². The van der Waals surface area contributed by atoms with Crippen LogP contribution in [0.1, 0.15) is 5.56 Å². The van der Waals surface area contributed by atoms with E-state index in [1.54, 1.807) is 13.1 Å². The predicted octanol–water partition coefficient (Wildman–Crippen LogP) is 3.43. The number of fused-ring (bicyclic) bond motifs is 1. The maximum absolute atomic E-state index is 12.9. The Bertz CT molecular complexity index is 766. The van der Waals surface area contributed by atoms with Crippen LogP contribution in [0, 0.1) is 0 Å². The minimum absolute atomic E-state index is 0.199. The van der Waals surface area contributed by atoms with E-state index in [4.69, 9.17) is 10.2 Å². The van der Waals surface area contributed by atoms with E-state index < -0.39 is 11.7 Å². The number of hydrogen-bond acceptors (Lipinski definition) is 3. The van der Waals surface area contributed by atoms with Crippen molar-refractivity contribution in [2.45, 2.75) is 6.18 Å². The first-order valence-corrected chi connectivity index (χ1v) is 5.75. The van der Waals surface area contributed by atoms with Crippen molar-refractivity contribution in [1.29, 1.82) is 0 Å². The van der Waals surface area contributed by atoms with Crippen molar-refractivity contribution in [3.63, 3.8) is 0 Å². The second-order valence-corrected chi connectivity index (χ2v) is 4.40. The molecule has 0 aliphatic carbocycles. The third-order valence-electron chi connectivity index (χ3n) is 3.05. The van der Waals surface area contributed by atoms with Crippen LogP contribution in [0.2, 0.25) is 0 Å². The highest BCUT2D eigenvalue weighted by Gasteiger charge is 2.34. The molecule has 0 radical (unpaired) electrons. The third-order valence-corrected chi connectivity index (χ3v) is 3.05. The van der Waals surface area contributed by atoms with Crippen LogP contribution in [0.25, 0.3) is 22.4 Å². The number of furan rings is 1. The van der Waals surface area contributed by atoms with Gasteiger partial charge in [-0.25, -0.2) is 0 Å². The summed E-state index contributed by atoms with van der Waals surface area (Å²) in [6.07, 6.45) is -3.04. The molecule has 2 heterocycles. The standard InChI is InChI=1S/C13H10F3N3O/c1-19-11(9(17)6-18-19)10-5-7-3-2-4-8(12(7)20-10)13(14,15)16/h2-6H,17H2,1H3. The number of aryl methyl sites for hydroxylation is 1. The molecule has 2 aromatic heterocycles. The molecule has 4 nitrogen and oxygen atoms in total. The Morgan fingerprint density at radius 3 is 2.65 bits per heavy atom. The fraction of sp³-hybridized carbons (Fsp3) is 0.154. The zero-order chi connectivity index (χ0) is 14.5. The minimum atomic E-state index is -4.47. The zero-order valence-electron chi connectivity index (χ0n) is 10.4. The molecule has 0 aliphatic rings. The molecule has 0 saturated carbocycles. The van der Waals surface area contributed by atoms with E-state index in [-0.39, 0.29) is 11.3 Å². The summed E-state index contributed by atoms with van der Waals surface area (Å²) in [6, 6.07) is 5.42. The van der Waals surface area contributed by atoms with Crippen LogP contribution in [-0.2, 0) is 13.2 Å². The van der Waals surface area contributed by atoms with Crippen LogP contribution in [-0.4, -0.2) is 9.78 Å². The quantitative estimate of drug-likeness (QED) is 0.743. The first kappa shape index (κ1) is 12.6. The lowest BCUT2D eigenvalue weighted by molar-refractivity contribution is -0.136. The van der Waals surface area contributed by atoms with Crippen molar-refractivity contribution in [2.24, 2.45) is 7.05 Å². The first-order chi connectivity index (χ1) is 9.38. The number of nitrogens with zero attached hydrogens (tertiary/aromatic N) is 2. The monoisotopic (exact) mass is 281 g/mol. The van der Waals surface area contributed by atoms with Crippen LogP contribution in [0.15, 0.2) is 34.9 Å². The topological polar surface area (TPSA) is 57.0 Å². The molecule has 0 spiro atoms. The molecular weight excluding hydrogens is 271 g/mol. The molecule has 0 bridgehead atoms. The zero-order valence-corrected chi connectivity index (χ0v) is 10.4. The summed E-state index contributed by atoms with van der Waals surface area (Å²) < 4.78 is 45.6. The maximum atomic E-state index is 12.9. The molecule has 104 valence electrons. The van der Waals surface area contributed by atoms with Crippen molar-refractivity contribution in [3.8, 4) is 11.5 Å². The number of nitrogens with two attached hydrogens (primary N) is 1. The Morgan fingerprint density at radius 2 is 2.05 bits per heavy atom. The largest absolute Gasteiger partial charge is 0.454 e. The van der Waals surface area contributed by atoms with Gasteiger partial charge in [0.15, 0.2) is 5.76 Å². The van der Waals surface area contributed by atoms with Crippen LogP contribution in [0.3, 0.4) is 0 Å². The maximum Gasteiger partial charge on any atom is 0.420 e. The number of rotatable bonds is 1. The fourth-order valence-electron chi connectivity index (χ4n) is 2.16. The molecule has 2 N–H and O–H groups in total. The molecule has 7 heteroatoms. The number of anilines is 1. The number of alkyl halides is 3. The minimum Gasteiger partial charge on any atom is -0.454 e. The summed E-state index contributed by atoms with van der Waals surface area (Å²) in [7, 11) is 1.64. The number of benzene rings is 1. The van der Waals surface area contributed by atoms with Crippen molar-refractivity contribution < 1.29 is 17.6 Å². The van der Waals surface area contributed by atoms with Crippen molar-refractivity contribution in [3.05, 3.63) is 36.0 Å². The lowest BCUT2D eigenvalue weighted by Gasteiger charge is -2.06. The molecule has 0 saturated heterocycles. The Hall–Kier alpha value is -2.44. The third kappa shape index (κ3) is 1.82. The molecule has 0 unspecified atom stereocenters. The van der Waals surface area contributed by atoms with Gasteiger partial charge in [-0.3, -0.25) is 4.68 Å². The summed E-state index contributed by atoms with van der Waals surface area (Å²) >= 11 is 0. The van der Waals surface area contributed by atoms with Crippen molar-refractivity contribution in [1.82, 2.24) is 9.78 Å². The molecule has 1 aromatic carbocycles. The molecule has 3 aromatic rings. The van der Waals surface area contributed by atoms with Crippen molar-refractivity contribution >= 4 is 16.7 Å². The lowest BCUT2D eigenvalue weighted by Crippen LogP contribution is -2.04. The highest BCUT2D eigenvalue weighted by atomic mass is 19.4. The van der Waals surface area contributed by atoms with Gasteiger partial charge >= 0.3 is 6.18 Å². The Kier molecular flexibility index (Phi) is 2.53. The van der Waals surface area contributed by atoms with E-state index >= 15 is 0 Å². The van der Waals surface area contributed by atoms with Gasteiger partial charge in [-0.1, -0.05) is 12.1 Å². The number of aromatic nitrogens is 2. The summed E-state index contributed by atoms with van der Waals surface area (Å²) in [5.41, 5.74) is 5.55.